The third-order valence-electron chi connectivity index (χ3n) is 4.37. The van der Waals surface area contributed by atoms with Gasteiger partial charge in [-0.25, -0.2) is 4.39 Å². The number of hydrogen-bond acceptors (Lipinski definition) is 3. The smallest absolute Gasteiger partial charge is 0.265 e. The van der Waals surface area contributed by atoms with Gasteiger partial charge in [0.1, 0.15) is 5.82 Å². The van der Waals surface area contributed by atoms with E-state index in [4.69, 9.17) is 0 Å². The predicted octanol–water partition coefficient (Wildman–Crippen LogP) is 5.08. The fourth-order valence-corrected chi connectivity index (χ4v) is 4.23. The fourth-order valence-electron chi connectivity index (χ4n) is 3.09. The quantitative estimate of drug-likeness (QED) is 0.675. The Morgan fingerprint density at radius 3 is 2.88 bits per heavy atom. The number of benzene rings is 2. The number of carbonyl (C=O) groups excluding carboxylic acids is 1. The molecule has 4 rings (SSSR count). The molecule has 2 N–H and O–H groups in total. The van der Waals surface area contributed by atoms with Crippen LogP contribution in [0.25, 0.3) is 10.4 Å². The van der Waals surface area contributed by atoms with Gasteiger partial charge in [-0.3, -0.25) is 4.79 Å². The number of thiophene rings is 1. The first-order valence-electron chi connectivity index (χ1n) is 8.16. The van der Waals surface area contributed by atoms with Crippen LogP contribution in [0.15, 0.2) is 48.5 Å². The number of rotatable bonds is 2. The van der Waals surface area contributed by atoms with Crippen molar-refractivity contribution in [3.8, 4) is 10.4 Å². The molecule has 1 aliphatic heterocycles. The van der Waals surface area contributed by atoms with E-state index in [1.807, 2.05) is 24.3 Å². The molecule has 0 saturated carbocycles. The van der Waals surface area contributed by atoms with Crippen LogP contribution in [-0.2, 0) is 6.42 Å². The van der Waals surface area contributed by atoms with Crippen molar-refractivity contribution in [1.29, 1.82) is 0 Å². The lowest BCUT2D eigenvalue weighted by atomic mass is 10.1. The summed E-state index contributed by atoms with van der Waals surface area (Å²) < 4.78 is 14.0. The normalized spacial score (nSPS) is 12.6. The molecule has 0 saturated heterocycles. The van der Waals surface area contributed by atoms with Crippen molar-refractivity contribution >= 4 is 28.6 Å². The molecule has 0 fully saturated rings. The first-order valence-corrected chi connectivity index (χ1v) is 8.97. The maximum atomic E-state index is 14.0. The first kappa shape index (κ1) is 15.8. The first-order chi connectivity index (χ1) is 12.1. The van der Waals surface area contributed by atoms with Crippen LogP contribution < -0.4 is 10.6 Å². The minimum absolute atomic E-state index is 0.248. The highest BCUT2D eigenvalue weighted by molar-refractivity contribution is 7.17. The minimum atomic E-state index is -0.416. The maximum Gasteiger partial charge on any atom is 0.265 e. The standard InChI is InChI=1S/C20H17FN2OS/c1-12-5-4-7-15(21)18(12)23-20(24)17-11-13-9-10-22-16-8-3-2-6-14(16)19(13)25-17/h2-8,11,22H,9-10H2,1H3,(H,23,24). The lowest BCUT2D eigenvalue weighted by molar-refractivity contribution is 0.103. The Morgan fingerprint density at radius 2 is 2.04 bits per heavy atom. The highest BCUT2D eigenvalue weighted by Crippen LogP contribution is 2.39. The van der Waals surface area contributed by atoms with Gasteiger partial charge in [0.05, 0.1) is 10.6 Å². The molecule has 3 aromatic rings. The van der Waals surface area contributed by atoms with Crippen LogP contribution in [0.3, 0.4) is 0 Å². The van der Waals surface area contributed by atoms with Gasteiger partial charge in [0.25, 0.3) is 5.91 Å². The second-order valence-corrected chi connectivity index (χ2v) is 7.13. The number of halogens is 1. The molecule has 1 aromatic heterocycles. The summed E-state index contributed by atoms with van der Waals surface area (Å²) >= 11 is 1.46. The Labute approximate surface area is 149 Å². The van der Waals surface area contributed by atoms with E-state index in [2.05, 4.69) is 16.7 Å². The molecule has 5 heteroatoms. The Kier molecular flexibility index (Phi) is 4.01. The summed E-state index contributed by atoms with van der Waals surface area (Å²) in [6.45, 7) is 2.61. The third-order valence-corrected chi connectivity index (χ3v) is 5.58. The average Bonchev–Trinajstić information content (AvgIpc) is 2.95. The van der Waals surface area contributed by atoms with Gasteiger partial charge in [0, 0.05) is 22.7 Å². The van der Waals surface area contributed by atoms with Gasteiger partial charge in [0.15, 0.2) is 0 Å². The second-order valence-electron chi connectivity index (χ2n) is 6.07. The van der Waals surface area contributed by atoms with Crippen LogP contribution in [0.5, 0.6) is 0 Å². The van der Waals surface area contributed by atoms with Gasteiger partial charge in [-0.1, -0.05) is 30.3 Å². The Bertz CT molecular complexity index is 944. The summed E-state index contributed by atoms with van der Waals surface area (Å²) in [6, 6.07) is 14.8. The Hall–Kier alpha value is -2.66. The molecule has 126 valence electrons. The molecule has 0 radical (unpaired) electrons. The van der Waals surface area contributed by atoms with Gasteiger partial charge in [0.2, 0.25) is 0 Å². The monoisotopic (exact) mass is 352 g/mol. The lowest BCUT2D eigenvalue weighted by Crippen LogP contribution is -2.12. The van der Waals surface area contributed by atoms with Gasteiger partial charge < -0.3 is 10.6 Å². The summed E-state index contributed by atoms with van der Waals surface area (Å²) in [6.07, 6.45) is 0.854. The number of aryl methyl sites for hydroxylation is 1. The van der Waals surface area contributed by atoms with E-state index in [0.717, 1.165) is 34.7 Å². The Morgan fingerprint density at radius 1 is 1.20 bits per heavy atom. The number of carbonyl (C=O) groups is 1. The highest BCUT2D eigenvalue weighted by Gasteiger charge is 2.21. The van der Waals surface area contributed by atoms with Crippen LogP contribution in [0.2, 0.25) is 0 Å². The van der Waals surface area contributed by atoms with Crippen molar-refractivity contribution in [1.82, 2.24) is 0 Å². The summed E-state index contributed by atoms with van der Waals surface area (Å²) in [5.74, 6) is -0.683. The van der Waals surface area contributed by atoms with E-state index >= 15 is 0 Å². The number of amides is 1. The van der Waals surface area contributed by atoms with Crippen LogP contribution in [0.1, 0.15) is 20.8 Å². The van der Waals surface area contributed by atoms with E-state index in [1.165, 1.54) is 17.4 Å². The van der Waals surface area contributed by atoms with Gasteiger partial charge in [-0.05, 0) is 42.7 Å². The minimum Gasteiger partial charge on any atom is -0.384 e. The van der Waals surface area contributed by atoms with Crippen LogP contribution in [0, 0.1) is 12.7 Å². The Balaban J connectivity index is 1.69. The fraction of sp³-hybridized carbons (Fsp3) is 0.150. The second kappa shape index (κ2) is 6.33. The molecule has 2 aromatic carbocycles. The van der Waals surface area contributed by atoms with Gasteiger partial charge >= 0.3 is 0 Å². The van der Waals surface area contributed by atoms with E-state index in [1.54, 1.807) is 19.1 Å². The number of anilines is 2. The molecular weight excluding hydrogens is 335 g/mol. The molecule has 0 aliphatic carbocycles. The van der Waals surface area contributed by atoms with Crippen molar-refractivity contribution in [2.24, 2.45) is 0 Å². The maximum absolute atomic E-state index is 14.0. The molecule has 1 aliphatic rings. The van der Waals surface area contributed by atoms with Crippen molar-refractivity contribution in [2.75, 3.05) is 17.2 Å². The van der Waals surface area contributed by atoms with E-state index in [-0.39, 0.29) is 11.6 Å². The molecule has 3 nitrogen and oxygen atoms in total. The van der Waals surface area contributed by atoms with E-state index in [9.17, 15) is 9.18 Å². The zero-order valence-corrected chi connectivity index (χ0v) is 14.5. The molecule has 25 heavy (non-hydrogen) atoms. The summed E-state index contributed by atoms with van der Waals surface area (Å²) in [4.78, 5) is 14.4. The number of hydrogen-bond donors (Lipinski definition) is 2. The van der Waals surface area contributed by atoms with Gasteiger partial charge in [-0.2, -0.15) is 0 Å². The molecule has 1 amide bonds. The van der Waals surface area contributed by atoms with Crippen LogP contribution >= 0.6 is 11.3 Å². The van der Waals surface area contributed by atoms with Crippen LogP contribution in [0.4, 0.5) is 15.8 Å². The molecule has 0 spiro atoms. The van der Waals surface area contributed by atoms with E-state index < -0.39 is 5.82 Å². The lowest BCUT2D eigenvalue weighted by Gasteiger charge is -2.08. The predicted molar refractivity (Wildman–Crippen MR) is 101 cm³/mol. The zero-order chi connectivity index (χ0) is 17.4. The SMILES string of the molecule is Cc1cccc(F)c1NC(=O)c1cc2c(s1)-c1ccccc1NCC2. The van der Waals surface area contributed by atoms with Gasteiger partial charge in [-0.15, -0.1) is 11.3 Å². The van der Waals surface area contributed by atoms with Crippen molar-refractivity contribution < 1.29 is 9.18 Å². The summed E-state index contributed by atoms with van der Waals surface area (Å²) in [5, 5.41) is 6.14. The molecule has 0 unspecified atom stereocenters. The molecule has 0 atom stereocenters. The molecular formula is C20H17FN2OS. The van der Waals surface area contributed by atoms with Crippen molar-refractivity contribution in [3.05, 3.63) is 70.4 Å². The largest absolute Gasteiger partial charge is 0.384 e. The highest BCUT2D eigenvalue weighted by atomic mass is 32.1. The number of fused-ring (bicyclic) bond motifs is 3. The summed E-state index contributed by atoms with van der Waals surface area (Å²) in [7, 11) is 0. The molecule has 2 heterocycles. The summed E-state index contributed by atoms with van der Waals surface area (Å²) in [5.41, 5.74) is 4.30. The van der Waals surface area contributed by atoms with Crippen molar-refractivity contribution in [3.63, 3.8) is 0 Å². The topological polar surface area (TPSA) is 41.1 Å². The zero-order valence-electron chi connectivity index (χ0n) is 13.7. The average molecular weight is 352 g/mol. The molecule has 0 bridgehead atoms. The number of para-hydroxylation sites is 2. The van der Waals surface area contributed by atoms with Crippen LogP contribution in [-0.4, -0.2) is 12.5 Å². The van der Waals surface area contributed by atoms with E-state index in [0.29, 0.717) is 10.4 Å². The van der Waals surface area contributed by atoms with Crippen molar-refractivity contribution in [2.45, 2.75) is 13.3 Å². The number of nitrogens with one attached hydrogen (secondary N) is 2. The third kappa shape index (κ3) is 2.91.